The maximum absolute atomic E-state index is 12.1. The number of rotatable bonds is 4. The van der Waals surface area contributed by atoms with Crippen LogP contribution in [0, 0.1) is 5.41 Å². The number of nitrogens with two attached hydrogens (primary N) is 1. The van der Waals surface area contributed by atoms with Gasteiger partial charge in [-0.05, 0) is 43.1 Å². The van der Waals surface area contributed by atoms with Crippen LogP contribution in [0.1, 0.15) is 13.3 Å². The van der Waals surface area contributed by atoms with Crippen LogP contribution < -0.4 is 11.1 Å². The first-order valence-electron chi connectivity index (χ1n) is 6.59. The van der Waals surface area contributed by atoms with Gasteiger partial charge >= 0.3 is 0 Å². The van der Waals surface area contributed by atoms with E-state index in [1.807, 2.05) is 6.07 Å². The second kappa shape index (κ2) is 7.79. The van der Waals surface area contributed by atoms with E-state index < -0.39 is 0 Å². The summed E-state index contributed by atoms with van der Waals surface area (Å²) in [5.41, 5.74) is 6.54. The maximum Gasteiger partial charge on any atom is 0.238 e. The molecule has 1 aromatic rings. The van der Waals surface area contributed by atoms with Crippen molar-refractivity contribution in [3.05, 3.63) is 27.7 Å². The van der Waals surface area contributed by atoms with Gasteiger partial charge in [0, 0.05) is 11.0 Å². The molecule has 7 heteroatoms. The van der Waals surface area contributed by atoms with Crippen molar-refractivity contribution in [2.45, 2.75) is 13.3 Å². The van der Waals surface area contributed by atoms with E-state index in [2.05, 4.69) is 33.1 Å². The Kier molecular flexibility index (Phi) is 6.94. The van der Waals surface area contributed by atoms with Crippen molar-refractivity contribution >= 4 is 51.5 Å². The molecule has 0 aliphatic carbocycles. The van der Waals surface area contributed by atoms with Crippen LogP contribution in [0.25, 0.3) is 0 Å². The lowest BCUT2D eigenvalue weighted by Crippen LogP contribution is -2.35. The van der Waals surface area contributed by atoms with Crippen molar-refractivity contribution in [1.82, 2.24) is 4.90 Å². The molecule has 1 unspecified atom stereocenters. The molecule has 1 aliphatic heterocycles. The largest absolute Gasteiger partial charge is 0.330 e. The van der Waals surface area contributed by atoms with E-state index in [1.54, 1.807) is 12.1 Å². The van der Waals surface area contributed by atoms with Crippen LogP contribution in [-0.2, 0) is 4.79 Å². The molecule has 1 fully saturated rings. The summed E-state index contributed by atoms with van der Waals surface area (Å²) in [5, 5.41) is 3.37. The van der Waals surface area contributed by atoms with E-state index >= 15 is 0 Å². The molecule has 0 aromatic heterocycles. The predicted octanol–water partition coefficient (Wildman–Crippen LogP) is 3.13. The monoisotopic (exact) mass is 395 g/mol. The summed E-state index contributed by atoms with van der Waals surface area (Å²) >= 11 is 9.42. The summed E-state index contributed by atoms with van der Waals surface area (Å²) in [7, 11) is 0. The van der Waals surface area contributed by atoms with Gasteiger partial charge in [-0.1, -0.05) is 34.5 Å². The Balaban J connectivity index is 0.00000220. The molecule has 3 N–H and O–H groups in total. The number of anilines is 1. The van der Waals surface area contributed by atoms with Gasteiger partial charge in [0.05, 0.1) is 17.3 Å². The van der Waals surface area contributed by atoms with E-state index in [-0.39, 0.29) is 23.7 Å². The molecule has 0 radical (unpaired) electrons. The highest BCUT2D eigenvalue weighted by molar-refractivity contribution is 9.10. The number of likely N-dealkylation sites (tertiary alicyclic amines) is 1. The fourth-order valence-corrected chi connectivity index (χ4v) is 3.13. The predicted molar refractivity (Wildman–Crippen MR) is 93.2 cm³/mol. The molecule has 1 aromatic carbocycles. The van der Waals surface area contributed by atoms with Gasteiger partial charge in [0.25, 0.3) is 0 Å². The van der Waals surface area contributed by atoms with Gasteiger partial charge in [-0.2, -0.15) is 0 Å². The number of carbonyl (C=O) groups is 1. The minimum atomic E-state index is -0.0458. The fraction of sp³-hybridized carbons (Fsp3) is 0.500. The Morgan fingerprint density at radius 2 is 2.29 bits per heavy atom. The number of halogens is 3. The Labute approximate surface area is 144 Å². The molecule has 1 atom stereocenters. The zero-order valence-corrected chi connectivity index (χ0v) is 15.0. The van der Waals surface area contributed by atoms with E-state index in [1.165, 1.54) is 0 Å². The van der Waals surface area contributed by atoms with Crippen molar-refractivity contribution in [3.8, 4) is 0 Å². The Hall–Kier alpha value is -0.330. The van der Waals surface area contributed by atoms with Crippen molar-refractivity contribution in [3.63, 3.8) is 0 Å². The second-order valence-electron chi connectivity index (χ2n) is 5.65. The van der Waals surface area contributed by atoms with Crippen LogP contribution in [0.2, 0.25) is 5.02 Å². The van der Waals surface area contributed by atoms with Crippen molar-refractivity contribution in [1.29, 1.82) is 0 Å². The van der Waals surface area contributed by atoms with E-state index in [4.69, 9.17) is 17.3 Å². The molecule has 2 rings (SSSR count). The number of benzene rings is 1. The van der Waals surface area contributed by atoms with Gasteiger partial charge in [0.1, 0.15) is 0 Å². The van der Waals surface area contributed by atoms with Gasteiger partial charge in [0.15, 0.2) is 0 Å². The third-order valence-corrected chi connectivity index (χ3v) is 4.51. The summed E-state index contributed by atoms with van der Waals surface area (Å²) in [4.78, 5) is 14.2. The SMILES string of the molecule is CC1(CN)CCN(CC(=O)Nc2ccc(Br)cc2Cl)C1.Cl. The van der Waals surface area contributed by atoms with Gasteiger partial charge in [0.2, 0.25) is 5.91 Å². The Morgan fingerprint density at radius 1 is 1.57 bits per heavy atom. The number of hydrogen-bond donors (Lipinski definition) is 2. The zero-order chi connectivity index (χ0) is 14.8. The van der Waals surface area contributed by atoms with Crippen LogP contribution in [0.4, 0.5) is 5.69 Å². The summed E-state index contributed by atoms with van der Waals surface area (Å²) < 4.78 is 0.888. The lowest BCUT2D eigenvalue weighted by Gasteiger charge is -2.22. The van der Waals surface area contributed by atoms with E-state index in [0.717, 1.165) is 24.0 Å². The van der Waals surface area contributed by atoms with Crippen LogP contribution in [0.5, 0.6) is 0 Å². The molecular weight excluding hydrogens is 377 g/mol. The van der Waals surface area contributed by atoms with Crippen LogP contribution >= 0.6 is 39.9 Å². The molecule has 118 valence electrons. The van der Waals surface area contributed by atoms with E-state index in [9.17, 15) is 4.79 Å². The van der Waals surface area contributed by atoms with Crippen LogP contribution in [-0.4, -0.2) is 37.0 Å². The molecule has 0 bridgehead atoms. The normalized spacial score (nSPS) is 21.9. The minimum absolute atomic E-state index is 0. The number of amides is 1. The molecule has 1 aliphatic rings. The lowest BCUT2D eigenvalue weighted by atomic mass is 9.90. The molecule has 1 heterocycles. The smallest absolute Gasteiger partial charge is 0.238 e. The number of carbonyl (C=O) groups excluding carboxylic acids is 1. The zero-order valence-electron chi connectivity index (χ0n) is 11.9. The molecule has 0 spiro atoms. The quantitative estimate of drug-likeness (QED) is 0.821. The standard InChI is InChI=1S/C14H19BrClN3O.ClH/c1-14(8-17)4-5-19(9-14)7-13(20)18-12-3-2-10(15)6-11(12)16;/h2-3,6H,4-5,7-9,17H2,1H3,(H,18,20);1H. The Morgan fingerprint density at radius 3 is 2.86 bits per heavy atom. The molecule has 0 saturated carbocycles. The van der Waals surface area contributed by atoms with E-state index in [0.29, 0.717) is 23.8 Å². The second-order valence-corrected chi connectivity index (χ2v) is 6.97. The van der Waals surface area contributed by atoms with Gasteiger partial charge in [-0.15, -0.1) is 12.4 Å². The summed E-state index contributed by atoms with van der Waals surface area (Å²) in [5.74, 6) is -0.0458. The van der Waals surface area contributed by atoms with Crippen molar-refractivity contribution < 1.29 is 4.79 Å². The van der Waals surface area contributed by atoms with Crippen molar-refractivity contribution in [2.75, 3.05) is 31.5 Å². The maximum atomic E-state index is 12.1. The summed E-state index contributed by atoms with van der Waals surface area (Å²) in [6.07, 6.45) is 1.04. The summed E-state index contributed by atoms with van der Waals surface area (Å²) in [6, 6.07) is 5.40. The first-order valence-corrected chi connectivity index (χ1v) is 7.76. The first kappa shape index (κ1) is 18.7. The van der Waals surface area contributed by atoms with Gasteiger partial charge < -0.3 is 11.1 Å². The molecule has 1 saturated heterocycles. The lowest BCUT2D eigenvalue weighted by molar-refractivity contribution is -0.117. The number of hydrogen-bond acceptors (Lipinski definition) is 3. The average molecular weight is 397 g/mol. The molecule has 4 nitrogen and oxygen atoms in total. The summed E-state index contributed by atoms with van der Waals surface area (Å²) in [6.45, 7) is 4.97. The van der Waals surface area contributed by atoms with Crippen LogP contribution in [0.3, 0.4) is 0 Å². The molecule has 1 amide bonds. The third-order valence-electron chi connectivity index (χ3n) is 3.70. The minimum Gasteiger partial charge on any atom is -0.330 e. The fourth-order valence-electron chi connectivity index (χ4n) is 2.41. The number of nitrogens with one attached hydrogen (secondary N) is 1. The highest BCUT2D eigenvalue weighted by Crippen LogP contribution is 2.29. The van der Waals surface area contributed by atoms with Crippen LogP contribution in [0.15, 0.2) is 22.7 Å². The highest BCUT2D eigenvalue weighted by Gasteiger charge is 2.33. The first-order chi connectivity index (χ1) is 9.42. The van der Waals surface area contributed by atoms with Crippen molar-refractivity contribution in [2.24, 2.45) is 11.1 Å². The topological polar surface area (TPSA) is 58.4 Å². The van der Waals surface area contributed by atoms with Gasteiger partial charge in [-0.25, -0.2) is 0 Å². The highest BCUT2D eigenvalue weighted by atomic mass is 79.9. The van der Waals surface area contributed by atoms with Gasteiger partial charge in [-0.3, -0.25) is 9.69 Å². The Bertz CT molecular complexity index is 515. The third kappa shape index (κ3) is 5.11. The average Bonchev–Trinajstić information content (AvgIpc) is 2.75. The molecular formula is C14H20BrCl2N3O. The molecule has 21 heavy (non-hydrogen) atoms. The number of nitrogens with zero attached hydrogens (tertiary/aromatic N) is 1.